The molecular formula is C21H25ClN4. The van der Waals surface area contributed by atoms with Crippen molar-refractivity contribution in [3.63, 3.8) is 0 Å². The van der Waals surface area contributed by atoms with Crippen LogP contribution in [-0.4, -0.2) is 55.5 Å². The predicted molar refractivity (Wildman–Crippen MR) is 110 cm³/mol. The molecule has 2 aromatic rings. The van der Waals surface area contributed by atoms with Gasteiger partial charge in [0.15, 0.2) is 0 Å². The second-order valence-electron chi connectivity index (χ2n) is 7.18. The van der Waals surface area contributed by atoms with Crippen LogP contribution in [0.15, 0.2) is 47.5 Å². The van der Waals surface area contributed by atoms with Crippen LogP contribution in [0.4, 0.5) is 11.4 Å². The van der Waals surface area contributed by atoms with Gasteiger partial charge >= 0.3 is 0 Å². The van der Waals surface area contributed by atoms with Crippen molar-refractivity contribution in [3.05, 3.63) is 58.6 Å². The molecule has 4 rings (SSSR count). The van der Waals surface area contributed by atoms with Crippen LogP contribution < -0.4 is 4.90 Å². The summed E-state index contributed by atoms with van der Waals surface area (Å²) in [5, 5.41) is 0.764. The van der Waals surface area contributed by atoms with E-state index in [4.69, 9.17) is 16.6 Å². The quantitative estimate of drug-likeness (QED) is 0.590. The van der Waals surface area contributed by atoms with Crippen LogP contribution in [0.3, 0.4) is 0 Å². The molecule has 0 saturated carbocycles. The van der Waals surface area contributed by atoms with Crippen molar-refractivity contribution in [1.82, 2.24) is 9.80 Å². The molecule has 0 unspecified atom stereocenters. The van der Waals surface area contributed by atoms with E-state index < -0.39 is 0 Å². The molecule has 0 radical (unpaired) electrons. The monoisotopic (exact) mass is 368 g/mol. The van der Waals surface area contributed by atoms with Gasteiger partial charge in [-0.05, 0) is 43.3 Å². The molecule has 1 saturated heterocycles. The van der Waals surface area contributed by atoms with Gasteiger partial charge < -0.3 is 4.90 Å². The van der Waals surface area contributed by atoms with E-state index in [1.54, 1.807) is 0 Å². The minimum Gasteiger partial charge on any atom is -0.304 e. The van der Waals surface area contributed by atoms with Crippen LogP contribution in [0.25, 0.3) is 0 Å². The summed E-state index contributed by atoms with van der Waals surface area (Å²) in [6.07, 6.45) is 0.935. The molecule has 0 aliphatic carbocycles. The van der Waals surface area contributed by atoms with Gasteiger partial charge in [-0.2, -0.15) is 0 Å². The van der Waals surface area contributed by atoms with E-state index in [-0.39, 0.29) is 0 Å². The van der Waals surface area contributed by atoms with Gasteiger partial charge in [-0.15, -0.1) is 0 Å². The SMILES string of the molecule is C/C(=N\CN1CCN(C)CC1)N1c2ccccc2Cc2ccc(Cl)cc21. The van der Waals surface area contributed by atoms with Crippen LogP contribution in [0.1, 0.15) is 18.1 Å². The number of hydrogen-bond acceptors (Lipinski definition) is 3. The van der Waals surface area contributed by atoms with E-state index in [9.17, 15) is 0 Å². The third kappa shape index (κ3) is 3.50. The molecule has 0 atom stereocenters. The van der Waals surface area contributed by atoms with Crippen molar-refractivity contribution in [2.45, 2.75) is 13.3 Å². The Morgan fingerprint density at radius 3 is 2.54 bits per heavy atom. The zero-order valence-electron chi connectivity index (χ0n) is 15.5. The number of nitrogens with zero attached hydrogens (tertiary/aromatic N) is 4. The van der Waals surface area contributed by atoms with Crippen molar-refractivity contribution < 1.29 is 0 Å². The van der Waals surface area contributed by atoms with Gasteiger partial charge in [0, 0.05) is 37.6 Å². The molecule has 2 heterocycles. The Kier molecular flexibility index (Phi) is 4.98. The molecule has 2 aromatic carbocycles. The Hall–Kier alpha value is -1.88. The van der Waals surface area contributed by atoms with Crippen molar-refractivity contribution in [1.29, 1.82) is 0 Å². The number of rotatable bonds is 2. The summed E-state index contributed by atoms with van der Waals surface area (Å²) >= 11 is 6.31. The molecule has 0 amide bonds. The zero-order chi connectivity index (χ0) is 18.1. The molecule has 26 heavy (non-hydrogen) atoms. The largest absolute Gasteiger partial charge is 0.304 e. The predicted octanol–water partition coefficient (Wildman–Crippen LogP) is 4.01. The number of aliphatic imine (C=N–C) groups is 1. The number of benzene rings is 2. The smallest absolute Gasteiger partial charge is 0.106 e. The zero-order valence-corrected chi connectivity index (χ0v) is 16.2. The lowest BCUT2D eigenvalue weighted by molar-refractivity contribution is 0.158. The topological polar surface area (TPSA) is 22.1 Å². The molecule has 0 bridgehead atoms. The Bertz CT molecular complexity index is 825. The van der Waals surface area contributed by atoms with Gasteiger partial charge in [0.2, 0.25) is 0 Å². The molecular weight excluding hydrogens is 344 g/mol. The molecule has 2 aliphatic heterocycles. The maximum atomic E-state index is 6.31. The summed E-state index contributed by atoms with van der Waals surface area (Å²) in [4.78, 5) is 12.0. The van der Waals surface area contributed by atoms with E-state index in [1.165, 1.54) is 16.8 Å². The second kappa shape index (κ2) is 7.39. The fourth-order valence-corrected chi connectivity index (χ4v) is 3.89. The Morgan fingerprint density at radius 2 is 1.73 bits per heavy atom. The van der Waals surface area contributed by atoms with Gasteiger partial charge in [-0.3, -0.25) is 14.8 Å². The minimum atomic E-state index is 0.744. The molecule has 0 spiro atoms. The Labute approximate surface area is 160 Å². The summed E-state index contributed by atoms with van der Waals surface area (Å²) in [5.41, 5.74) is 4.98. The van der Waals surface area contributed by atoms with Crippen LogP contribution in [0.5, 0.6) is 0 Å². The highest BCUT2D eigenvalue weighted by Crippen LogP contribution is 2.40. The fraction of sp³-hybridized carbons (Fsp3) is 0.381. The molecule has 0 N–H and O–H groups in total. The number of halogens is 1. The van der Waals surface area contributed by atoms with Crippen LogP contribution in [-0.2, 0) is 6.42 Å². The van der Waals surface area contributed by atoms with Crippen molar-refractivity contribution in [2.75, 3.05) is 44.8 Å². The highest BCUT2D eigenvalue weighted by Gasteiger charge is 2.24. The summed E-state index contributed by atoms with van der Waals surface area (Å²) in [5.74, 6) is 1.01. The maximum absolute atomic E-state index is 6.31. The molecule has 0 aromatic heterocycles. The van der Waals surface area contributed by atoms with E-state index in [2.05, 4.69) is 65.1 Å². The first-order valence-corrected chi connectivity index (χ1v) is 9.58. The summed E-state index contributed by atoms with van der Waals surface area (Å²) in [6.45, 7) is 7.22. The van der Waals surface area contributed by atoms with Crippen molar-refractivity contribution >= 4 is 28.8 Å². The number of amidine groups is 1. The van der Waals surface area contributed by atoms with Crippen molar-refractivity contribution in [2.24, 2.45) is 4.99 Å². The van der Waals surface area contributed by atoms with Gasteiger partial charge in [-0.25, -0.2) is 0 Å². The van der Waals surface area contributed by atoms with E-state index in [0.717, 1.165) is 55.8 Å². The molecule has 1 fully saturated rings. The number of anilines is 2. The van der Waals surface area contributed by atoms with Crippen LogP contribution >= 0.6 is 11.6 Å². The first-order valence-electron chi connectivity index (χ1n) is 9.20. The highest BCUT2D eigenvalue weighted by molar-refractivity contribution is 6.31. The van der Waals surface area contributed by atoms with Crippen LogP contribution in [0.2, 0.25) is 5.02 Å². The number of piperazine rings is 1. The standard InChI is InChI=1S/C21H25ClN4/c1-16(23-15-25-11-9-24(2)10-12-25)26-20-6-4-3-5-17(20)13-18-7-8-19(22)14-21(18)26/h3-8,14H,9-13,15H2,1-2H3/b23-16+. The molecule has 5 heteroatoms. The first-order chi connectivity index (χ1) is 12.6. The van der Waals surface area contributed by atoms with Gasteiger partial charge in [-0.1, -0.05) is 35.9 Å². The van der Waals surface area contributed by atoms with Gasteiger partial charge in [0.25, 0.3) is 0 Å². The highest BCUT2D eigenvalue weighted by atomic mass is 35.5. The number of hydrogen-bond donors (Lipinski definition) is 0. The third-order valence-electron chi connectivity index (χ3n) is 5.32. The first kappa shape index (κ1) is 17.5. The lowest BCUT2D eigenvalue weighted by Crippen LogP contribution is -2.44. The second-order valence-corrected chi connectivity index (χ2v) is 7.62. The van der Waals surface area contributed by atoms with E-state index in [0.29, 0.717) is 0 Å². The van der Waals surface area contributed by atoms with Crippen LogP contribution in [0, 0.1) is 0 Å². The molecule has 136 valence electrons. The minimum absolute atomic E-state index is 0.744. The molecule has 4 nitrogen and oxygen atoms in total. The Balaban J connectivity index is 1.64. The van der Waals surface area contributed by atoms with E-state index in [1.807, 2.05) is 6.07 Å². The third-order valence-corrected chi connectivity index (χ3v) is 5.56. The lowest BCUT2D eigenvalue weighted by atomic mass is 9.95. The van der Waals surface area contributed by atoms with Crippen molar-refractivity contribution in [3.8, 4) is 0 Å². The fourth-order valence-electron chi connectivity index (χ4n) is 3.72. The molecule has 2 aliphatic rings. The maximum Gasteiger partial charge on any atom is 0.106 e. The lowest BCUT2D eigenvalue weighted by Gasteiger charge is -2.34. The summed E-state index contributed by atoms with van der Waals surface area (Å²) in [6, 6.07) is 14.7. The average Bonchev–Trinajstić information content (AvgIpc) is 2.65. The number of likely N-dealkylation sites (N-methyl/N-ethyl adjacent to an activating group) is 1. The van der Waals surface area contributed by atoms with Gasteiger partial charge in [0.1, 0.15) is 5.84 Å². The average molecular weight is 369 g/mol. The van der Waals surface area contributed by atoms with Gasteiger partial charge in [0.05, 0.1) is 18.0 Å². The summed E-state index contributed by atoms with van der Waals surface area (Å²) < 4.78 is 0. The summed E-state index contributed by atoms with van der Waals surface area (Å²) in [7, 11) is 2.18. The van der Waals surface area contributed by atoms with E-state index >= 15 is 0 Å². The number of fused-ring (bicyclic) bond motifs is 2. The Morgan fingerprint density at radius 1 is 1.00 bits per heavy atom. The normalized spacial score (nSPS) is 18.6. The number of para-hydroxylation sites is 1.